The molecule has 1 aromatic heterocycles. The van der Waals surface area contributed by atoms with Crippen LogP contribution in [-0.2, 0) is 16.6 Å². The molecule has 0 spiro atoms. The second-order valence-corrected chi connectivity index (χ2v) is 6.92. The van der Waals surface area contributed by atoms with Gasteiger partial charge in [-0.2, -0.15) is 0 Å². The highest BCUT2D eigenvalue weighted by Gasteiger charge is 2.19. The third-order valence-corrected chi connectivity index (χ3v) is 5.10. The van der Waals surface area contributed by atoms with E-state index in [4.69, 9.17) is 16.7 Å². The summed E-state index contributed by atoms with van der Waals surface area (Å²) in [7, 11) is -4.03. The highest BCUT2D eigenvalue weighted by Crippen LogP contribution is 2.22. The number of nitrogens with zero attached hydrogens (tertiary/aromatic N) is 1. The molecule has 0 aliphatic heterocycles. The van der Waals surface area contributed by atoms with Gasteiger partial charge in [0.1, 0.15) is 15.7 Å². The lowest BCUT2D eigenvalue weighted by molar-refractivity contribution is 0.0691. The van der Waals surface area contributed by atoms with Crippen molar-refractivity contribution in [2.24, 2.45) is 0 Å². The fraction of sp³-hybridized carbons (Fsp3) is 0.0909. The van der Waals surface area contributed by atoms with Crippen molar-refractivity contribution in [2.75, 3.05) is 0 Å². The van der Waals surface area contributed by atoms with E-state index in [-0.39, 0.29) is 27.2 Å². The summed E-state index contributed by atoms with van der Waals surface area (Å²) >= 11 is 6.73. The lowest BCUT2D eigenvalue weighted by atomic mass is 10.3. The molecule has 21 heavy (non-hydrogen) atoms. The van der Waals surface area contributed by atoms with Crippen LogP contribution in [0, 0.1) is 5.82 Å². The van der Waals surface area contributed by atoms with E-state index in [1.165, 1.54) is 5.38 Å². The quantitative estimate of drug-likeness (QED) is 0.861. The van der Waals surface area contributed by atoms with Gasteiger partial charge in [-0.1, -0.05) is 11.6 Å². The van der Waals surface area contributed by atoms with Crippen molar-refractivity contribution in [3.8, 4) is 0 Å². The van der Waals surface area contributed by atoms with Gasteiger partial charge in [0, 0.05) is 5.38 Å². The summed E-state index contributed by atoms with van der Waals surface area (Å²) in [4.78, 5) is 14.0. The monoisotopic (exact) mass is 350 g/mol. The summed E-state index contributed by atoms with van der Waals surface area (Å²) in [6.45, 7) is -0.215. The highest BCUT2D eigenvalue weighted by molar-refractivity contribution is 7.89. The minimum atomic E-state index is -4.03. The molecule has 0 fully saturated rings. The molecule has 6 nitrogen and oxygen atoms in total. The Balaban J connectivity index is 2.17. The highest BCUT2D eigenvalue weighted by atomic mass is 35.5. The summed E-state index contributed by atoms with van der Waals surface area (Å²) in [6.07, 6.45) is 0. The summed E-state index contributed by atoms with van der Waals surface area (Å²) in [6, 6.07) is 2.98. The summed E-state index contributed by atoms with van der Waals surface area (Å²) < 4.78 is 39.3. The summed E-state index contributed by atoms with van der Waals surface area (Å²) in [5.41, 5.74) is -0.169. The fourth-order valence-corrected chi connectivity index (χ4v) is 3.70. The second kappa shape index (κ2) is 6.06. The normalized spacial score (nSPS) is 11.5. The number of benzene rings is 1. The van der Waals surface area contributed by atoms with E-state index in [9.17, 15) is 17.6 Å². The zero-order chi connectivity index (χ0) is 15.6. The van der Waals surface area contributed by atoms with Crippen molar-refractivity contribution < 1.29 is 22.7 Å². The lowest BCUT2D eigenvalue weighted by Crippen LogP contribution is -2.23. The Kier molecular flexibility index (Phi) is 4.57. The van der Waals surface area contributed by atoms with Crippen molar-refractivity contribution in [1.29, 1.82) is 0 Å². The van der Waals surface area contributed by atoms with Crippen molar-refractivity contribution in [3.05, 3.63) is 45.1 Å². The SMILES string of the molecule is O=C(O)c1csc(CNS(=O)(=O)c2cc(F)ccc2Cl)n1. The van der Waals surface area contributed by atoms with Crippen LogP contribution in [0.2, 0.25) is 5.02 Å². The third kappa shape index (κ3) is 3.76. The van der Waals surface area contributed by atoms with Crippen LogP contribution in [-0.4, -0.2) is 24.5 Å². The number of hydrogen-bond acceptors (Lipinski definition) is 5. The summed E-state index contributed by atoms with van der Waals surface area (Å²) in [5.74, 6) is -1.93. The molecule has 0 saturated heterocycles. The molecule has 1 heterocycles. The van der Waals surface area contributed by atoms with E-state index < -0.39 is 21.8 Å². The number of aromatic nitrogens is 1. The second-order valence-electron chi connectivity index (χ2n) is 3.83. The molecule has 0 amide bonds. The lowest BCUT2D eigenvalue weighted by Gasteiger charge is -2.07. The molecule has 0 radical (unpaired) electrons. The minimum absolute atomic E-state index is 0.116. The molecule has 0 saturated carbocycles. The summed E-state index contributed by atoms with van der Waals surface area (Å²) in [5, 5.41) is 10.2. The maximum atomic E-state index is 13.1. The van der Waals surface area contributed by atoms with Crippen LogP contribution in [0.15, 0.2) is 28.5 Å². The molecular formula is C11H8ClFN2O4S2. The largest absolute Gasteiger partial charge is 0.476 e. The van der Waals surface area contributed by atoms with Gasteiger partial charge in [0.25, 0.3) is 0 Å². The first-order valence-corrected chi connectivity index (χ1v) is 8.16. The van der Waals surface area contributed by atoms with Crippen molar-refractivity contribution in [3.63, 3.8) is 0 Å². The molecular weight excluding hydrogens is 343 g/mol. The number of rotatable bonds is 5. The number of nitrogens with one attached hydrogen (secondary N) is 1. The van der Waals surface area contributed by atoms with Crippen molar-refractivity contribution in [2.45, 2.75) is 11.4 Å². The van der Waals surface area contributed by atoms with Gasteiger partial charge >= 0.3 is 5.97 Å². The van der Waals surface area contributed by atoms with Crippen LogP contribution in [0.4, 0.5) is 4.39 Å². The van der Waals surface area contributed by atoms with Crippen molar-refractivity contribution in [1.82, 2.24) is 9.71 Å². The first-order chi connectivity index (χ1) is 9.79. The van der Waals surface area contributed by atoms with Crippen LogP contribution in [0.25, 0.3) is 0 Å². The van der Waals surface area contributed by atoms with Crippen molar-refractivity contribution >= 4 is 38.9 Å². The predicted octanol–water partition coefficient (Wildman–Crippen LogP) is 2.11. The standard InChI is InChI=1S/C11H8ClFN2O4S2/c12-7-2-1-6(13)3-9(7)21(18,19)14-4-10-15-8(5-20-10)11(16)17/h1-3,5,14H,4H2,(H,16,17). The van der Waals surface area contributed by atoms with Crippen LogP contribution in [0.3, 0.4) is 0 Å². The molecule has 1 aromatic carbocycles. The van der Waals surface area contributed by atoms with Crippen LogP contribution >= 0.6 is 22.9 Å². The Hall–Kier alpha value is -1.55. The van der Waals surface area contributed by atoms with Gasteiger partial charge in [0.2, 0.25) is 10.0 Å². The van der Waals surface area contributed by atoms with E-state index in [1.807, 2.05) is 0 Å². The Labute approximate surface area is 128 Å². The third-order valence-electron chi connectivity index (χ3n) is 2.37. The predicted molar refractivity (Wildman–Crippen MR) is 74.5 cm³/mol. The van der Waals surface area contributed by atoms with Crippen LogP contribution in [0.1, 0.15) is 15.5 Å². The van der Waals surface area contributed by atoms with E-state index in [0.29, 0.717) is 0 Å². The average Bonchev–Trinajstić information content (AvgIpc) is 2.88. The molecule has 0 unspecified atom stereocenters. The van der Waals surface area contributed by atoms with Crippen LogP contribution in [0.5, 0.6) is 0 Å². The zero-order valence-electron chi connectivity index (χ0n) is 10.2. The number of thiazole rings is 1. The van der Waals surface area contributed by atoms with E-state index in [0.717, 1.165) is 29.5 Å². The number of hydrogen-bond donors (Lipinski definition) is 2. The number of halogens is 2. The molecule has 0 bridgehead atoms. The van der Waals surface area contributed by atoms with Gasteiger partial charge in [-0.25, -0.2) is 27.3 Å². The fourth-order valence-electron chi connectivity index (χ4n) is 1.41. The number of carboxylic acid groups (broad SMARTS) is 1. The van der Waals surface area contributed by atoms with Gasteiger partial charge in [-0.05, 0) is 18.2 Å². The van der Waals surface area contributed by atoms with E-state index >= 15 is 0 Å². The maximum Gasteiger partial charge on any atom is 0.355 e. The maximum absolute atomic E-state index is 13.1. The first-order valence-electron chi connectivity index (χ1n) is 5.42. The Morgan fingerprint density at radius 2 is 2.19 bits per heavy atom. The van der Waals surface area contributed by atoms with E-state index in [1.54, 1.807) is 0 Å². The van der Waals surface area contributed by atoms with Gasteiger partial charge in [-0.15, -0.1) is 11.3 Å². The molecule has 2 N–H and O–H groups in total. The molecule has 10 heteroatoms. The average molecular weight is 351 g/mol. The number of aromatic carboxylic acids is 1. The number of carbonyl (C=O) groups is 1. The molecule has 2 rings (SSSR count). The molecule has 0 aliphatic carbocycles. The molecule has 2 aromatic rings. The van der Waals surface area contributed by atoms with Gasteiger partial charge in [0.15, 0.2) is 5.69 Å². The minimum Gasteiger partial charge on any atom is -0.476 e. The molecule has 0 aliphatic rings. The Morgan fingerprint density at radius 1 is 1.48 bits per heavy atom. The van der Waals surface area contributed by atoms with Gasteiger partial charge in [0.05, 0.1) is 11.6 Å². The zero-order valence-corrected chi connectivity index (χ0v) is 12.6. The van der Waals surface area contributed by atoms with Gasteiger partial charge in [-0.3, -0.25) is 0 Å². The number of sulfonamides is 1. The Morgan fingerprint density at radius 3 is 2.81 bits per heavy atom. The van der Waals surface area contributed by atoms with E-state index in [2.05, 4.69) is 9.71 Å². The first kappa shape index (κ1) is 15.8. The number of carboxylic acids is 1. The molecule has 0 atom stereocenters. The Bertz CT molecular complexity index is 791. The topological polar surface area (TPSA) is 96.4 Å². The van der Waals surface area contributed by atoms with Gasteiger partial charge < -0.3 is 5.11 Å². The molecule has 112 valence electrons. The van der Waals surface area contributed by atoms with Crippen LogP contribution < -0.4 is 4.72 Å². The smallest absolute Gasteiger partial charge is 0.355 e.